The molecule has 0 aromatic carbocycles. The van der Waals surface area contributed by atoms with Gasteiger partial charge in [-0.3, -0.25) is 0 Å². The van der Waals surface area contributed by atoms with E-state index in [0.717, 1.165) is 24.0 Å². The SMILES string of the molecule is CC(C)(C)n1cc(CNCC2CCCCS2)nn1. The predicted molar refractivity (Wildman–Crippen MR) is 76.8 cm³/mol. The van der Waals surface area contributed by atoms with E-state index < -0.39 is 0 Å². The molecule has 5 heteroatoms. The summed E-state index contributed by atoms with van der Waals surface area (Å²) in [5.41, 5.74) is 1.05. The molecule has 2 rings (SSSR count). The molecule has 18 heavy (non-hydrogen) atoms. The van der Waals surface area contributed by atoms with Crippen molar-refractivity contribution in [2.24, 2.45) is 0 Å². The van der Waals surface area contributed by atoms with Crippen LogP contribution in [-0.4, -0.2) is 32.5 Å². The van der Waals surface area contributed by atoms with Crippen molar-refractivity contribution in [2.75, 3.05) is 12.3 Å². The Kier molecular flexibility index (Phi) is 4.67. The normalized spacial score (nSPS) is 21.2. The summed E-state index contributed by atoms with van der Waals surface area (Å²) >= 11 is 2.10. The Balaban J connectivity index is 1.74. The Hall–Kier alpha value is -0.550. The minimum atomic E-state index is 0.0183. The van der Waals surface area contributed by atoms with Crippen LogP contribution in [0.4, 0.5) is 0 Å². The first kappa shape index (κ1) is 13.9. The van der Waals surface area contributed by atoms with E-state index in [1.54, 1.807) is 0 Å². The van der Waals surface area contributed by atoms with Gasteiger partial charge in [-0.25, -0.2) is 4.68 Å². The summed E-state index contributed by atoms with van der Waals surface area (Å²) in [6.07, 6.45) is 6.17. The van der Waals surface area contributed by atoms with E-state index in [1.807, 2.05) is 10.9 Å². The van der Waals surface area contributed by atoms with Crippen LogP contribution in [0.3, 0.4) is 0 Å². The zero-order valence-electron chi connectivity index (χ0n) is 11.6. The van der Waals surface area contributed by atoms with Crippen molar-refractivity contribution in [3.05, 3.63) is 11.9 Å². The zero-order valence-corrected chi connectivity index (χ0v) is 12.5. The molecule has 0 radical (unpaired) electrons. The van der Waals surface area contributed by atoms with E-state index >= 15 is 0 Å². The van der Waals surface area contributed by atoms with Gasteiger partial charge in [-0.05, 0) is 39.4 Å². The second-order valence-corrected chi connectivity index (χ2v) is 7.35. The third kappa shape index (κ3) is 3.99. The first-order valence-electron chi connectivity index (χ1n) is 6.80. The first-order valence-corrected chi connectivity index (χ1v) is 7.84. The van der Waals surface area contributed by atoms with E-state index in [-0.39, 0.29) is 5.54 Å². The highest BCUT2D eigenvalue weighted by atomic mass is 32.2. The zero-order chi connectivity index (χ0) is 13.0. The summed E-state index contributed by atoms with van der Waals surface area (Å²) in [6.45, 7) is 8.33. The van der Waals surface area contributed by atoms with Crippen LogP contribution >= 0.6 is 11.8 Å². The molecule has 1 fully saturated rings. The highest BCUT2D eigenvalue weighted by molar-refractivity contribution is 7.99. The molecule has 1 aliphatic rings. The molecule has 0 amide bonds. The minimum absolute atomic E-state index is 0.0183. The van der Waals surface area contributed by atoms with E-state index in [9.17, 15) is 0 Å². The lowest BCUT2D eigenvalue weighted by atomic mass is 10.1. The topological polar surface area (TPSA) is 42.7 Å². The molecule has 1 unspecified atom stereocenters. The molecule has 1 N–H and O–H groups in total. The number of aromatic nitrogens is 3. The molecule has 2 heterocycles. The Morgan fingerprint density at radius 1 is 1.44 bits per heavy atom. The van der Waals surface area contributed by atoms with Crippen LogP contribution in [0, 0.1) is 0 Å². The van der Waals surface area contributed by atoms with Crippen LogP contribution in [0.2, 0.25) is 0 Å². The Bertz CT molecular complexity index is 363. The smallest absolute Gasteiger partial charge is 0.0965 e. The average Bonchev–Trinajstić information content (AvgIpc) is 2.79. The summed E-state index contributed by atoms with van der Waals surface area (Å²) in [5.74, 6) is 1.33. The number of hydrogen-bond acceptors (Lipinski definition) is 4. The maximum Gasteiger partial charge on any atom is 0.0965 e. The van der Waals surface area contributed by atoms with E-state index in [0.29, 0.717) is 0 Å². The van der Waals surface area contributed by atoms with Crippen molar-refractivity contribution in [1.29, 1.82) is 0 Å². The van der Waals surface area contributed by atoms with Gasteiger partial charge in [-0.15, -0.1) is 5.10 Å². The predicted octanol–water partition coefficient (Wildman–Crippen LogP) is 2.41. The fourth-order valence-electron chi connectivity index (χ4n) is 2.04. The Morgan fingerprint density at radius 3 is 2.89 bits per heavy atom. The van der Waals surface area contributed by atoms with Gasteiger partial charge in [-0.1, -0.05) is 11.6 Å². The van der Waals surface area contributed by atoms with E-state index in [1.165, 1.54) is 25.0 Å². The maximum atomic E-state index is 4.21. The van der Waals surface area contributed by atoms with E-state index in [4.69, 9.17) is 0 Å². The van der Waals surface area contributed by atoms with Crippen LogP contribution in [0.1, 0.15) is 45.7 Å². The minimum Gasteiger partial charge on any atom is -0.310 e. The molecular formula is C13H24N4S. The van der Waals surface area contributed by atoms with Gasteiger partial charge in [0.05, 0.1) is 17.4 Å². The lowest BCUT2D eigenvalue weighted by molar-refractivity contribution is 0.347. The summed E-state index contributed by atoms with van der Waals surface area (Å²) in [7, 11) is 0. The van der Waals surface area contributed by atoms with Gasteiger partial charge in [0.1, 0.15) is 0 Å². The largest absolute Gasteiger partial charge is 0.310 e. The van der Waals surface area contributed by atoms with Gasteiger partial charge in [0.15, 0.2) is 0 Å². The van der Waals surface area contributed by atoms with Crippen molar-refractivity contribution in [2.45, 2.75) is 57.4 Å². The molecule has 1 saturated heterocycles. The molecular weight excluding hydrogens is 244 g/mol. The second-order valence-electron chi connectivity index (χ2n) is 5.94. The molecule has 0 aliphatic carbocycles. The Labute approximate surface area is 114 Å². The van der Waals surface area contributed by atoms with Crippen LogP contribution < -0.4 is 5.32 Å². The number of nitrogens with zero attached hydrogens (tertiary/aromatic N) is 3. The monoisotopic (exact) mass is 268 g/mol. The van der Waals surface area contributed by atoms with Crippen molar-refractivity contribution in [3.8, 4) is 0 Å². The molecule has 102 valence electrons. The lowest BCUT2D eigenvalue weighted by Crippen LogP contribution is -2.26. The second kappa shape index (κ2) is 6.06. The molecule has 0 saturated carbocycles. The van der Waals surface area contributed by atoms with Crippen molar-refractivity contribution in [1.82, 2.24) is 20.3 Å². The van der Waals surface area contributed by atoms with Crippen LogP contribution in [0.25, 0.3) is 0 Å². The quantitative estimate of drug-likeness (QED) is 0.910. The molecule has 1 aliphatic heterocycles. The van der Waals surface area contributed by atoms with Crippen LogP contribution in [0.15, 0.2) is 6.20 Å². The fraction of sp³-hybridized carbons (Fsp3) is 0.846. The molecule has 4 nitrogen and oxygen atoms in total. The number of nitrogens with one attached hydrogen (secondary N) is 1. The maximum absolute atomic E-state index is 4.21. The van der Waals surface area contributed by atoms with Gasteiger partial charge < -0.3 is 5.32 Å². The van der Waals surface area contributed by atoms with Crippen molar-refractivity contribution in [3.63, 3.8) is 0 Å². The molecule has 0 spiro atoms. The van der Waals surface area contributed by atoms with Crippen LogP contribution in [0.5, 0.6) is 0 Å². The van der Waals surface area contributed by atoms with Gasteiger partial charge >= 0.3 is 0 Å². The highest BCUT2D eigenvalue weighted by Crippen LogP contribution is 2.24. The number of thioether (sulfide) groups is 1. The summed E-state index contributed by atoms with van der Waals surface area (Å²) in [5, 5.41) is 12.7. The highest BCUT2D eigenvalue weighted by Gasteiger charge is 2.16. The molecule has 1 aromatic heterocycles. The molecule has 1 aromatic rings. The van der Waals surface area contributed by atoms with Gasteiger partial charge in [-0.2, -0.15) is 11.8 Å². The number of hydrogen-bond donors (Lipinski definition) is 1. The standard InChI is InChI=1S/C13H24N4S/c1-13(2,3)17-10-11(15-16-17)8-14-9-12-6-4-5-7-18-12/h10,12,14H,4-9H2,1-3H3. The third-order valence-electron chi connectivity index (χ3n) is 3.18. The first-order chi connectivity index (χ1) is 8.55. The van der Waals surface area contributed by atoms with E-state index in [2.05, 4.69) is 48.2 Å². The summed E-state index contributed by atoms with van der Waals surface area (Å²) < 4.78 is 1.93. The molecule has 0 bridgehead atoms. The Morgan fingerprint density at radius 2 is 2.28 bits per heavy atom. The van der Waals surface area contributed by atoms with Crippen molar-refractivity contribution >= 4 is 11.8 Å². The van der Waals surface area contributed by atoms with Gasteiger partial charge in [0, 0.05) is 18.3 Å². The van der Waals surface area contributed by atoms with Gasteiger partial charge in [0.25, 0.3) is 0 Å². The average molecular weight is 268 g/mol. The lowest BCUT2D eigenvalue weighted by Gasteiger charge is -2.21. The van der Waals surface area contributed by atoms with Crippen LogP contribution in [-0.2, 0) is 12.1 Å². The molecule has 1 atom stereocenters. The number of rotatable bonds is 4. The van der Waals surface area contributed by atoms with Gasteiger partial charge in [0.2, 0.25) is 0 Å². The summed E-state index contributed by atoms with van der Waals surface area (Å²) in [4.78, 5) is 0. The summed E-state index contributed by atoms with van der Waals surface area (Å²) in [6, 6.07) is 0. The third-order valence-corrected chi connectivity index (χ3v) is 4.58. The fourth-order valence-corrected chi connectivity index (χ4v) is 3.31. The van der Waals surface area contributed by atoms with Crippen molar-refractivity contribution < 1.29 is 0 Å².